The Kier molecular flexibility index (Phi) is 5.36. The van der Waals surface area contributed by atoms with Crippen LogP contribution in [0, 0.1) is 0 Å². The van der Waals surface area contributed by atoms with Crippen LogP contribution >= 0.6 is 0 Å². The second-order valence-corrected chi connectivity index (χ2v) is 4.96. The highest BCUT2D eigenvalue weighted by molar-refractivity contribution is 5.63. The van der Waals surface area contributed by atoms with Crippen molar-refractivity contribution in [2.45, 2.75) is 0 Å². The lowest BCUT2D eigenvalue weighted by atomic mass is 10.2. The molecule has 4 aromatic rings. The predicted octanol–water partition coefficient (Wildman–Crippen LogP) is 2.49. The lowest BCUT2D eigenvalue weighted by Crippen LogP contribution is -1.88. The highest BCUT2D eigenvalue weighted by atomic mass is 16.3. The van der Waals surface area contributed by atoms with E-state index >= 15 is 0 Å². The largest absolute Gasteiger partial charge is 0.507 e. The van der Waals surface area contributed by atoms with Gasteiger partial charge in [0.15, 0.2) is 11.6 Å². The van der Waals surface area contributed by atoms with Gasteiger partial charge in [-0.25, -0.2) is 29.9 Å². The molecule has 0 aliphatic heterocycles. The van der Waals surface area contributed by atoms with E-state index in [9.17, 15) is 10.2 Å². The molecule has 0 saturated carbocycles. The Morgan fingerprint density at radius 3 is 1.19 bits per heavy atom. The van der Waals surface area contributed by atoms with Gasteiger partial charge in [-0.1, -0.05) is 24.3 Å². The molecule has 2 aromatic carbocycles. The Balaban J connectivity index is 0.000000151. The van der Waals surface area contributed by atoms with Gasteiger partial charge in [0.1, 0.15) is 36.8 Å². The van der Waals surface area contributed by atoms with Gasteiger partial charge in [0.05, 0.1) is 11.1 Å². The van der Waals surface area contributed by atoms with Crippen LogP contribution < -0.4 is 0 Å². The molecule has 2 heterocycles. The number of para-hydroxylation sites is 2. The van der Waals surface area contributed by atoms with Crippen molar-refractivity contribution in [3.05, 3.63) is 73.8 Å². The zero-order chi connectivity index (χ0) is 18.2. The molecule has 2 N–H and O–H groups in total. The summed E-state index contributed by atoms with van der Waals surface area (Å²) in [5.74, 6) is 1.31. The van der Waals surface area contributed by atoms with Crippen molar-refractivity contribution >= 4 is 0 Å². The third-order valence-corrected chi connectivity index (χ3v) is 3.28. The molecule has 0 unspecified atom stereocenters. The Labute approximate surface area is 149 Å². The number of benzene rings is 2. The number of hydrogen-bond donors (Lipinski definition) is 2. The van der Waals surface area contributed by atoms with E-state index in [0.717, 1.165) is 0 Å². The summed E-state index contributed by atoms with van der Waals surface area (Å²) in [6.45, 7) is 0. The third-order valence-electron chi connectivity index (χ3n) is 3.28. The summed E-state index contributed by atoms with van der Waals surface area (Å²) in [5, 5.41) is 18.9. The molecule has 0 saturated heterocycles. The van der Waals surface area contributed by atoms with Crippen molar-refractivity contribution in [2.75, 3.05) is 0 Å². The molecular formula is C18H14N6O2. The van der Waals surface area contributed by atoms with Crippen molar-refractivity contribution in [3.8, 4) is 34.3 Å². The number of aromatic nitrogens is 6. The molecule has 8 heteroatoms. The minimum atomic E-state index is 0.175. The van der Waals surface area contributed by atoms with E-state index in [4.69, 9.17) is 0 Å². The Morgan fingerprint density at radius 2 is 0.846 bits per heavy atom. The fourth-order valence-electron chi connectivity index (χ4n) is 2.08. The molecule has 0 amide bonds. The summed E-state index contributed by atoms with van der Waals surface area (Å²) in [5.41, 5.74) is 1.23. The zero-order valence-corrected chi connectivity index (χ0v) is 13.5. The molecule has 2 aromatic heterocycles. The van der Waals surface area contributed by atoms with E-state index in [1.54, 1.807) is 36.4 Å². The van der Waals surface area contributed by atoms with Gasteiger partial charge in [-0.05, 0) is 24.3 Å². The van der Waals surface area contributed by atoms with Crippen LogP contribution in [0.15, 0.2) is 73.8 Å². The van der Waals surface area contributed by atoms with Crippen molar-refractivity contribution in [2.24, 2.45) is 0 Å². The van der Waals surface area contributed by atoms with Crippen LogP contribution in [-0.2, 0) is 0 Å². The summed E-state index contributed by atoms with van der Waals surface area (Å²) in [7, 11) is 0. The summed E-state index contributed by atoms with van der Waals surface area (Å²) in [4.78, 5) is 23.1. The maximum atomic E-state index is 9.46. The van der Waals surface area contributed by atoms with Crippen LogP contribution in [-0.4, -0.2) is 40.1 Å². The normalized spacial score (nSPS) is 9.85. The summed E-state index contributed by atoms with van der Waals surface area (Å²) >= 11 is 0. The standard InChI is InChI=1S/2C9H7N3O/c2*13-8-4-2-1-3-7(8)9-11-5-10-6-12-9/h2*1-6,13H. The molecule has 0 fully saturated rings. The average Bonchev–Trinajstić information content (AvgIpc) is 2.71. The minimum Gasteiger partial charge on any atom is -0.507 e. The SMILES string of the molecule is Oc1ccccc1-c1ncncn1.Oc1ccccc1-c1ncncn1. The summed E-state index contributed by atoms with van der Waals surface area (Å²) < 4.78 is 0. The van der Waals surface area contributed by atoms with Crippen LogP contribution in [0.3, 0.4) is 0 Å². The first-order valence-corrected chi connectivity index (χ1v) is 7.56. The van der Waals surface area contributed by atoms with Gasteiger partial charge in [-0.15, -0.1) is 0 Å². The zero-order valence-electron chi connectivity index (χ0n) is 13.5. The number of phenols is 2. The number of hydrogen-bond acceptors (Lipinski definition) is 8. The smallest absolute Gasteiger partial charge is 0.166 e. The van der Waals surface area contributed by atoms with Gasteiger partial charge in [0, 0.05) is 0 Å². The molecule has 26 heavy (non-hydrogen) atoms. The second-order valence-electron chi connectivity index (χ2n) is 4.96. The maximum Gasteiger partial charge on any atom is 0.166 e. The fraction of sp³-hybridized carbons (Fsp3) is 0. The molecule has 0 radical (unpaired) electrons. The first-order valence-electron chi connectivity index (χ1n) is 7.56. The van der Waals surface area contributed by atoms with Crippen LogP contribution in [0.25, 0.3) is 22.8 Å². The van der Waals surface area contributed by atoms with Crippen molar-refractivity contribution in [1.29, 1.82) is 0 Å². The molecular weight excluding hydrogens is 332 g/mol. The van der Waals surface area contributed by atoms with E-state index in [1.807, 2.05) is 12.1 Å². The van der Waals surface area contributed by atoms with Gasteiger partial charge in [-0.2, -0.15) is 0 Å². The minimum absolute atomic E-state index is 0.175. The highest BCUT2D eigenvalue weighted by Crippen LogP contribution is 2.25. The van der Waals surface area contributed by atoms with E-state index in [2.05, 4.69) is 29.9 Å². The third kappa shape index (κ3) is 4.12. The average molecular weight is 346 g/mol. The van der Waals surface area contributed by atoms with Gasteiger partial charge >= 0.3 is 0 Å². The first kappa shape index (κ1) is 16.9. The summed E-state index contributed by atoms with van der Waals surface area (Å²) in [6.07, 6.45) is 5.59. The van der Waals surface area contributed by atoms with E-state index < -0.39 is 0 Å². The predicted molar refractivity (Wildman–Crippen MR) is 93.9 cm³/mol. The second kappa shape index (κ2) is 8.25. The van der Waals surface area contributed by atoms with Gasteiger partial charge < -0.3 is 10.2 Å². The Hall–Kier alpha value is -3.94. The van der Waals surface area contributed by atoms with Crippen LogP contribution in [0.5, 0.6) is 11.5 Å². The van der Waals surface area contributed by atoms with E-state index in [0.29, 0.717) is 22.8 Å². The number of rotatable bonds is 2. The van der Waals surface area contributed by atoms with Crippen molar-refractivity contribution < 1.29 is 10.2 Å². The van der Waals surface area contributed by atoms with Gasteiger partial charge in [0.2, 0.25) is 0 Å². The first-order chi connectivity index (χ1) is 12.8. The number of nitrogens with zero attached hydrogens (tertiary/aromatic N) is 6. The number of phenolic OH excluding ortho intramolecular Hbond substituents is 2. The van der Waals surface area contributed by atoms with Crippen molar-refractivity contribution in [3.63, 3.8) is 0 Å². The molecule has 0 bridgehead atoms. The highest BCUT2D eigenvalue weighted by Gasteiger charge is 2.04. The van der Waals surface area contributed by atoms with Gasteiger partial charge in [0.25, 0.3) is 0 Å². The number of aromatic hydroxyl groups is 2. The Morgan fingerprint density at radius 1 is 0.500 bits per heavy atom. The van der Waals surface area contributed by atoms with Crippen molar-refractivity contribution in [1.82, 2.24) is 29.9 Å². The molecule has 0 aliphatic rings. The molecule has 4 rings (SSSR count). The molecule has 0 aliphatic carbocycles. The van der Waals surface area contributed by atoms with E-state index in [1.165, 1.54) is 25.3 Å². The lowest BCUT2D eigenvalue weighted by molar-refractivity contribution is 0.476. The molecule has 8 nitrogen and oxygen atoms in total. The van der Waals surface area contributed by atoms with Crippen LogP contribution in [0.2, 0.25) is 0 Å². The van der Waals surface area contributed by atoms with E-state index in [-0.39, 0.29) is 11.5 Å². The molecule has 0 spiro atoms. The lowest BCUT2D eigenvalue weighted by Gasteiger charge is -2.00. The van der Waals surface area contributed by atoms with Crippen LogP contribution in [0.4, 0.5) is 0 Å². The topological polar surface area (TPSA) is 118 Å². The summed E-state index contributed by atoms with van der Waals surface area (Å²) in [6, 6.07) is 13.8. The van der Waals surface area contributed by atoms with Crippen LogP contribution in [0.1, 0.15) is 0 Å². The Bertz CT molecular complexity index is 886. The fourth-order valence-corrected chi connectivity index (χ4v) is 2.08. The maximum absolute atomic E-state index is 9.46. The molecule has 128 valence electrons. The van der Waals surface area contributed by atoms with Gasteiger partial charge in [-0.3, -0.25) is 0 Å². The molecule has 0 atom stereocenters. The quantitative estimate of drug-likeness (QED) is 0.568. The monoisotopic (exact) mass is 346 g/mol.